The van der Waals surface area contributed by atoms with Crippen LogP contribution >= 0.6 is 0 Å². The van der Waals surface area contributed by atoms with Gasteiger partial charge in [0.25, 0.3) is 0 Å². The van der Waals surface area contributed by atoms with Crippen molar-refractivity contribution in [2.75, 3.05) is 0 Å². The molecule has 0 atom stereocenters. The van der Waals surface area contributed by atoms with E-state index < -0.39 is 8.07 Å². The second-order valence-corrected chi connectivity index (χ2v) is 15.1. The van der Waals surface area contributed by atoms with Crippen LogP contribution in [0.25, 0.3) is 44.5 Å². The molecule has 3 nitrogen and oxygen atoms in total. The first-order chi connectivity index (χ1) is 17.8. The van der Waals surface area contributed by atoms with Gasteiger partial charge in [0.15, 0.2) is 0 Å². The van der Waals surface area contributed by atoms with Crippen LogP contribution in [0, 0.1) is 24.9 Å². The van der Waals surface area contributed by atoms with Gasteiger partial charge in [-0.25, -0.2) is 0 Å². The van der Waals surface area contributed by atoms with Gasteiger partial charge in [-0.15, -0.1) is 48.0 Å². The molecule has 0 fully saturated rings. The Morgan fingerprint density at radius 1 is 0.842 bits per heavy atom. The molecule has 0 aliphatic heterocycles. The molecule has 3 aromatic carbocycles. The number of hydrogen-bond acceptors (Lipinski definition) is 3. The number of furan rings is 1. The number of hydrogen-bond donors (Lipinski definition) is 0. The molecule has 0 aliphatic rings. The monoisotopic (exact) mass is 695 g/mol. The first-order valence-corrected chi connectivity index (χ1v) is 15.7. The first-order valence-electron chi connectivity index (χ1n) is 12.2. The smallest absolute Gasteiger partial charge is 0.120 e. The van der Waals surface area contributed by atoms with Crippen LogP contribution < -0.4 is 5.19 Å². The summed E-state index contributed by atoms with van der Waals surface area (Å²) in [5, 5.41) is 3.56. The predicted molar refractivity (Wildman–Crippen MR) is 152 cm³/mol. The van der Waals surface area contributed by atoms with Gasteiger partial charge in [0, 0.05) is 43.7 Å². The Morgan fingerprint density at radius 3 is 2.34 bits per heavy atom. The standard InChI is InChI=1S/C18H12NO.C14H15FNSi.Ir/c1-12-9-10-19-16(11-12)15-7-4-6-14-13-5-2-3-8-17(13)20-18(14)15;1-17(2,3)13-8-9-14(16-10-13)11-4-6-12(15)7-5-11;/h2-6,8-11H,1H3;4,6-10H,1-3H3;/q2*-1;. The molecule has 3 heterocycles. The minimum absolute atomic E-state index is 0. The largest absolute Gasteiger partial charge is 0.501 e. The Bertz CT molecular complexity index is 1670. The molecule has 0 unspecified atom stereocenters. The van der Waals surface area contributed by atoms with Gasteiger partial charge in [-0.05, 0) is 35.6 Å². The number of para-hydroxylation sites is 1. The molecular weight excluding hydrogens is 668 g/mol. The fourth-order valence-corrected chi connectivity index (χ4v) is 5.15. The SMILES string of the molecule is C[Si](C)(C)c1ccc(-c2[c-]cc(F)cc2)nc1.Cc1ccnc(-c2[c-]ccc3c2oc2ccccc23)c1.[Ir]. The summed E-state index contributed by atoms with van der Waals surface area (Å²) in [5.74, 6) is -0.271. The van der Waals surface area contributed by atoms with Gasteiger partial charge in [-0.2, -0.15) is 0 Å². The summed E-state index contributed by atoms with van der Waals surface area (Å²) >= 11 is 0. The van der Waals surface area contributed by atoms with E-state index in [1.807, 2.05) is 54.9 Å². The van der Waals surface area contributed by atoms with Crippen LogP contribution in [-0.4, -0.2) is 18.0 Å². The van der Waals surface area contributed by atoms with Crippen molar-refractivity contribution in [2.45, 2.75) is 26.6 Å². The average Bonchev–Trinajstić information content (AvgIpc) is 3.28. The molecule has 1 radical (unpaired) electrons. The minimum atomic E-state index is -1.30. The number of rotatable bonds is 3. The van der Waals surface area contributed by atoms with E-state index in [0.717, 1.165) is 44.5 Å². The van der Waals surface area contributed by atoms with Gasteiger partial charge in [0.05, 0.1) is 13.7 Å². The molecule has 0 aliphatic carbocycles. The molecule has 6 aromatic rings. The van der Waals surface area contributed by atoms with Crippen LogP contribution in [0.3, 0.4) is 0 Å². The van der Waals surface area contributed by atoms with E-state index in [0.29, 0.717) is 0 Å². The number of nitrogens with zero attached hydrogens (tertiary/aromatic N) is 2. The minimum Gasteiger partial charge on any atom is -0.501 e. The number of halogens is 1. The number of pyridine rings is 2. The van der Waals surface area contributed by atoms with Crippen LogP contribution in [0.15, 0.2) is 95.7 Å². The Labute approximate surface area is 237 Å². The fraction of sp³-hybridized carbons (Fsp3) is 0.125. The molecule has 0 saturated heterocycles. The van der Waals surface area contributed by atoms with Gasteiger partial charge in [0.1, 0.15) is 5.58 Å². The van der Waals surface area contributed by atoms with E-state index >= 15 is 0 Å². The van der Waals surface area contributed by atoms with Crippen LogP contribution in [0.4, 0.5) is 4.39 Å². The first kappa shape index (κ1) is 27.6. The maximum atomic E-state index is 12.8. The van der Waals surface area contributed by atoms with Crippen molar-refractivity contribution in [1.29, 1.82) is 0 Å². The molecule has 38 heavy (non-hydrogen) atoms. The maximum Gasteiger partial charge on any atom is 0.120 e. The zero-order valence-electron chi connectivity index (χ0n) is 21.7. The molecule has 0 spiro atoms. The second-order valence-electron chi connectivity index (χ2n) is 10.0. The van der Waals surface area contributed by atoms with Crippen molar-refractivity contribution >= 4 is 35.2 Å². The zero-order chi connectivity index (χ0) is 26.0. The van der Waals surface area contributed by atoms with E-state index in [-0.39, 0.29) is 25.9 Å². The van der Waals surface area contributed by atoms with Crippen molar-refractivity contribution < 1.29 is 28.9 Å². The van der Waals surface area contributed by atoms with Gasteiger partial charge in [-0.3, -0.25) is 4.39 Å². The number of benzene rings is 3. The van der Waals surface area contributed by atoms with Crippen molar-refractivity contribution in [3.8, 4) is 22.5 Å². The summed E-state index contributed by atoms with van der Waals surface area (Å²) in [6.07, 6.45) is 3.75. The van der Waals surface area contributed by atoms with Gasteiger partial charge >= 0.3 is 0 Å². The van der Waals surface area contributed by atoms with Gasteiger partial charge in [0.2, 0.25) is 0 Å². The summed E-state index contributed by atoms with van der Waals surface area (Å²) in [7, 11) is -1.30. The van der Waals surface area contributed by atoms with Crippen LogP contribution in [0.1, 0.15) is 5.56 Å². The fourth-order valence-electron chi connectivity index (χ4n) is 4.12. The quantitative estimate of drug-likeness (QED) is 0.139. The maximum absolute atomic E-state index is 12.8. The molecule has 0 saturated carbocycles. The van der Waals surface area contributed by atoms with E-state index in [1.54, 1.807) is 6.07 Å². The molecule has 193 valence electrons. The number of fused-ring (bicyclic) bond motifs is 3. The van der Waals surface area contributed by atoms with Crippen LogP contribution in [0.2, 0.25) is 19.6 Å². The molecule has 0 N–H and O–H groups in total. The second kappa shape index (κ2) is 11.5. The molecule has 3 aromatic heterocycles. The number of aromatic nitrogens is 2. The topological polar surface area (TPSA) is 38.9 Å². The molecule has 0 amide bonds. The normalized spacial score (nSPS) is 11.1. The Hall–Kier alpha value is -3.44. The summed E-state index contributed by atoms with van der Waals surface area (Å²) in [6.45, 7) is 8.92. The zero-order valence-corrected chi connectivity index (χ0v) is 25.1. The molecular formula is C32H27FIrN2OSi-2. The Kier molecular flexibility index (Phi) is 8.37. The van der Waals surface area contributed by atoms with E-state index in [9.17, 15) is 4.39 Å². The van der Waals surface area contributed by atoms with Crippen LogP contribution in [-0.2, 0) is 20.1 Å². The molecule has 6 rings (SSSR count). The van der Waals surface area contributed by atoms with Crippen molar-refractivity contribution in [1.82, 2.24) is 9.97 Å². The summed E-state index contributed by atoms with van der Waals surface area (Å²) in [5.41, 5.74) is 6.41. The third kappa shape index (κ3) is 5.99. The average molecular weight is 695 g/mol. The summed E-state index contributed by atoms with van der Waals surface area (Å²) in [4.78, 5) is 8.86. The van der Waals surface area contributed by atoms with Gasteiger partial charge < -0.3 is 14.4 Å². The van der Waals surface area contributed by atoms with E-state index in [1.165, 1.54) is 22.9 Å². The van der Waals surface area contributed by atoms with E-state index in [2.05, 4.69) is 66.9 Å². The summed E-state index contributed by atoms with van der Waals surface area (Å²) in [6, 6.07) is 30.8. The van der Waals surface area contributed by atoms with Crippen molar-refractivity contribution in [3.63, 3.8) is 0 Å². The van der Waals surface area contributed by atoms with Gasteiger partial charge in [-0.1, -0.05) is 72.6 Å². The third-order valence-electron chi connectivity index (χ3n) is 6.19. The van der Waals surface area contributed by atoms with Crippen LogP contribution in [0.5, 0.6) is 0 Å². The Balaban J connectivity index is 0.000000175. The molecule has 0 bridgehead atoms. The predicted octanol–water partition coefficient (Wildman–Crippen LogP) is 7.99. The van der Waals surface area contributed by atoms with Crippen molar-refractivity contribution in [3.05, 3.63) is 115 Å². The summed E-state index contributed by atoms with van der Waals surface area (Å²) < 4.78 is 18.8. The Morgan fingerprint density at radius 2 is 1.66 bits per heavy atom. The van der Waals surface area contributed by atoms with Crippen molar-refractivity contribution in [2.24, 2.45) is 0 Å². The number of aryl methyl sites for hydroxylation is 1. The molecule has 6 heteroatoms. The third-order valence-corrected chi connectivity index (χ3v) is 8.22. The van der Waals surface area contributed by atoms with E-state index in [4.69, 9.17) is 4.42 Å².